The number of nitrogens with one attached hydrogen (secondary N) is 1. The number of carbonyl (C=O) groups is 1. The normalized spacial score (nSPS) is 18.8. The maximum atomic E-state index is 12.0. The molecule has 1 fully saturated rings. The van der Waals surface area contributed by atoms with Crippen LogP contribution in [0.15, 0.2) is 24.3 Å². The predicted octanol–water partition coefficient (Wildman–Crippen LogP) is 1.80. The van der Waals surface area contributed by atoms with Crippen molar-refractivity contribution in [1.82, 2.24) is 5.32 Å². The Hall–Kier alpha value is -1.55. The van der Waals surface area contributed by atoms with Gasteiger partial charge in [-0.2, -0.15) is 0 Å². The van der Waals surface area contributed by atoms with E-state index in [2.05, 4.69) is 19.2 Å². The fourth-order valence-electron chi connectivity index (χ4n) is 2.13. The van der Waals surface area contributed by atoms with Gasteiger partial charge in [-0.25, -0.2) is 0 Å². The lowest BCUT2D eigenvalue weighted by atomic mass is 10.0. The molecular formula is C14H20N2O2. The largest absolute Gasteiger partial charge is 0.492 e. The van der Waals surface area contributed by atoms with Crippen molar-refractivity contribution in [3.63, 3.8) is 0 Å². The molecule has 1 aromatic carbocycles. The number of para-hydroxylation sites is 2. The van der Waals surface area contributed by atoms with Crippen molar-refractivity contribution in [2.24, 2.45) is 0 Å². The lowest BCUT2D eigenvalue weighted by molar-refractivity contribution is -0.119. The van der Waals surface area contributed by atoms with Crippen LogP contribution in [0.25, 0.3) is 0 Å². The minimum absolute atomic E-state index is 0.0762. The summed E-state index contributed by atoms with van der Waals surface area (Å²) in [6.45, 7) is 7.75. The second-order valence-corrected chi connectivity index (χ2v) is 5.12. The lowest BCUT2D eigenvalue weighted by Gasteiger charge is -2.39. The van der Waals surface area contributed by atoms with Crippen molar-refractivity contribution >= 4 is 11.6 Å². The highest BCUT2D eigenvalue weighted by Gasteiger charge is 2.32. The van der Waals surface area contributed by atoms with Gasteiger partial charge in [0.15, 0.2) is 0 Å². The first kappa shape index (κ1) is 12.9. The third kappa shape index (κ3) is 2.64. The first-order valence-electron chi connectivity index (χ1n) is 6.31. The molecule has 1 heterocycles. The van der Waals surface area contributed by atoms with Gasteiger partial charge in [-0.1, -0.05) is 12.1 Å². The molecular weight excluding hydrogens is 228 g/mol. The van der Waals surface area contributed by atoms with Crippen LogP contribution in [0, 0.1) is 0 Å². The van der Waals surface area contributed by atoms with Crippen molar-refractivity contribution in [1.29, 1.82) is 0 Å². The second kappa shape index (κ2) is 4.98. The summed E-state index contributed by atoms with van der Waals surface area (Å²) in [6.07, 6.45) is 0. The molecule has 4 heteroatoms. The van der Waals surface area contributed by atoms with Crippen molar-refractivity contribution in [2.45, 2.75) is 26.3 Å². The van der Waals surface area contributed by atoms with Crippen LogP contribution in [0.2, 0.25) is 0 Å². The summed E-state index contributed by atoms with van der Waals surface area (Å²) < 4.78 is 5.59. The van der Waals surface area contributed by atoms with Crippen LogP contribution in [0.4, 0.5) is 5.69 Å². The number of benzene rings is 1. The van der Waals surface area contributed by atoms with Crippen LogP contribution in [-0.2, 0) is 4.79 Å². The van der Waals surface area contributed by atoms with Gasteiger partial charge in [0.25, 0.3) is 0 Å². The highest BCUT2D eigenvalue weighted by molar-refractivity contribution is 5.97. The molecule has 4 nitrogen and oxygen atoms in total. The summed E-state index contributed by atoms with van der Waals surface area (Å²) in [5, 5.41) is 3.23. The van der Waals surface area contributed by atoms with E-state index in [0.717, 1.165) is 11.4 Å². The van der Waals surface area contributed by atoms with Crippen LogP contribution in [0.1, 0.15) is 20.8 Å². The molecule has 0 aliphatic carbocycles. The van der Waals surface area contributed by atoms with Gasteiger partial charge in [0.05, 0.1) is 18.8 Å². The van der Waals surface area contributed by atoms with Gasteiger partial charge in [-0.3, -0.25) is 4.79 Å². The SMILES string of the molecule is CCOc1ccccc1N1CC(C)(C)NCC1=O. The highest BCUT2D eigenvalue weighted by Crippen LogP contribution is 2.30. The monoisotopic (exact) mass is 248 g/mol. The van der Waals surface area contributed by atoms with Gasteiger partial charge in [-0.05, 0) is 32.9 Å². The second-order valence-electron chi connectivity index (χ2n) is 5.12. The number of carbonyl (C=O) groups excluding carboxylic acids is 1. The van der Waals surface area contributed by atoms with Crippen LogP contribution in [0.3, 0.4) is 0 Å². The maximum absolute atomic E-state index is 12.0. The average Bonchev–Trinajstić information content (AvgIpc) is 2.34. The zero-order valence-electron chi connectivity index (χ0n) is 11.2. The van der Waals surface area contributed by atoms with E-state index in [1.807, 2.05) is 36.1 Å². The topological polar surface area (TPSA) is 41.6 Å². The summed E-state index contributed by atoms with van der Waals surface area (Å²) in [5.74, 6) is 0.854. The first-order chi connectivity index (χ1) is 8.53. The van der Waals surface area contributed by atoms with E-state index in [9.17, 15) is 4.79 Å². The van der Waals surface area contributed by atoms with Crippen molar-refractivity contribution in [3.05, 3.63) is 24.3 Å². The average molecular weight is 248 g/mol. The molecule has 2 rings (SSSR count). The minimum Gasteiger partial charge on any atom is -0.492 e. The molecule has 0 bridgehead atoms. The molecule has 0 aromatic heterocycles. The number of hydrogen-bond acceptors (Lipinski definition) is 3. The Bertz CT molecular complexity index is 443. The minimum atomic E-state index is -0.0762. The van der Waals surface area contributed by atoms with E-state index >= 15 is 0 Å². The quantitative estimate of drug-likeness (QED) is 0.887. The molecule has 0 atom stereocenters. The predicted molar refractivity (Wildman–Crippen MR) is 72.0 cm³/mol. The first-order valence-corrected chi connectivity index (χ1v) is 6.31. The number of ether oxygens (including phenoxy) is 1. The molecule has 1 N–H and O–H groups in total. The summed E-state index contributed by atoms with van der Waals surface area (Å²) in [4.78, 5) is 13.9. The zero-order valence-corrected chi connectivity index (χ0v) is 11.2. The van der Waals surface area contributed by atoms with Crippen LogP contribution in [-0.4, -0.2) is 31.1 Å². The number of anilines is 1. The lowest BCUT2D eigenvalue weighted by Crippen LogP contribution is -2.60. The Morgan fingerprint density at radius 1 is 1.39 bits per heavy atom. The van der Waals surface area contributed by atoms with Gasteiger partial charge >= 0.3 is 0 Å². The molecule has 1 aliphatic heterocycles. The highest BCUT2D eigenvalue weighted by atomic mass is 16.5. The third-order valence-corrected chi connectivity index (χ3v) is 3.03. The van der Waals surface area contributed by atoms with Gasteiger partial charge in [0.2, 0.25) is 5.91 Å². The van der Waals surface area contributed by atoms with Gasteiger partial charge in [-0.15, -0.1) is 0 Å². The molecule has 1 aromatic rings. The standard InChI is InChI=1S/C14H20N2O2/c1-4-18-12-8-6-5-7-11(12)16-10-14(2,3)15-9-13(16)17/h5-8,15H,4,9-10H2,1-3H3. The van der Waals surface area contributed by atoms with Crippen molar-refractivity contribution in [3.8, 4) is 5.75 Å². The molecule has 0 saturated carbocycles. The smallest absolute Gasteiger partial charge is 0.241 e. The molecule has 1 saturated heterocycles. The molecule has 0 unspecified atom stereocenters. The van der Waals surface area contributed by atoms with Crippen molar-refractivity contribution in [2.75, 3.05) is 24.6 Å². The van der Waals surface area contributed by atoms with E-state index in [1.165, 1.54) is 0 Å². The van der Waals surface area contributed by atoms with E-state index in [1.54, 1.807) is 0 Å². The van der Waals surface area contributed by atoms with Gasteiger partial charge in [0, 0.05) is 12.1 Å². The third-order valence-electron chi connectivity index (χ3n) is 3.03. The number of piperazine rings is 1. The Morgan fingerprint density at radius 3 is 2.83 bits per heavy atom. The molecule has 1 amide bonds. The Morgan fingerprint density at radius 2 is 2.11 bits per heavy atom. The molecule has 1 aliphatic rings. The van der Waals surface area contributed by atoms with Gasteiger partial charge in [0.1, 0.15) is 5.75 Å². The summed E-state index contributed by atoms with van der Waals surface area (Å²) in [6, 6.07) is 7.69. The number of amides is 1. The van der Waals surface area contributed by atoms with Crippen LogP contribution >= 0.6 is 0 Å². The number of nitrogens with zero attached hydrogens (tertiary/aromatic N) is 1. The van der Waals surface area contributed by atoms with Crippen LogP contribution < -0.4 is 15.0 Å². The summed E-state index contributed by atoms with van der Waals surface area (Å²) in [5.41, 5.74) is 0.784. The fourth-order valence-corrected chi connectivity index (χ4v) is 2.13. The molecule has 0 spiro atoms. The molecule has 18 heavy (non-hydrogen) atoms. The Kier molecular flexibility index (Phi) is 3.57. The number of rotatable bonds is 3. The maximum Gasteiger partial charge on any atom is 0.241 e. The summed E-state index contributed by atoms with van der Waals surface area (Å²) >= 11 is 0. The van der Waals surface area contributed by atoms with E-state index in [-0.39, 0.29) is 11.4 Å². The van der Waals surface area contributed by atoms with E-state index in [0.29, 0.717) is 19.7 Å². The van der Waals surface area contributed by atoms with Crippen LogP contribution in [0.5, 0.6) is 5.75 Å². The van der Waals surface area contributed by atoms with E-state index < -0.39 is 0 Å². The molecule has 98 valence electrons. The van der Waals surface area contributed by atoms with Gasteiger partial charge < -0.3 is 15.0 Å². The van der Waals surface area contributed by atoms with Crippen molar-refractivity contribution < 1.29 is 9.53 Å². The van der Waals surface area contributed by atoms with E-state index in [4.69, 9.17) is 4.74 Å². The fraction of sp³-hybridized carbons (Fsp3) is 0.500. The summed E-state index contributed by atoms with van der Waals surface area (Å²) in [7, 11) is 0. The Labute approximate surface area is 108 Å². The number of hydrogen-bond donors (Lipinski definition) is 1. The zero-order chi connectivity index (χ0) is 13.2. The molecule has 0 radical (unpaired) electrons. The Balaban J connectivity index is 2.31.